The van der Waals surface area contributed by atoms with Crippen LogP contribution >= 0.6 is 34.8 Å². The lowest BCUT2D eigenvalue weighted by molar-refractivity contribution is -0.120. The molecule has 10 amide bonds. The molecule has 0 spiro atoms. The van der Waals surface area contributed by atoms with Crippen molar-refractivity contribution in [3.8, 4) is 56.0 Å². The van der Waals surface area contributed by atoms with Crippen molar-refractivity contribution in [1.82, 2.24) is 46.5 Å². The molecule has 10 heterocycles. The summed E-state index contributed by atoms with van der Waals surface area (Å²) in [6.45, 7) is 3.92. The van der Waals surface area contributed by atoms with E-state index in [0.29, 0.717) is 121 Å². The number of rotatable bonds is 17. The normalized spacial score (nSPS) is 17.7. The van der Waals surface area contributed by atoms with Crippen LogP contribution in [0.4, 0.5) is 28.4 Å². The number of fused-ring (bicyclic) bond motifs is 6. The van der Waals surface area contributed by atoms with Crippen LogP contribution in [0.1, 0.15) is 127 Å². The third-order valence-electron chi connectivity index (χ3n) is 27.7. The van der Waals surface area contributed by atoms with Gasteiger partial charge in [-0.1, -0.05) is 180 Å². The Kier molecular flexibility index (Phi) is 30.8. The number of nitrogens with zero attached hydrogens (tertiary/aromatic N) is 9. The fourth-order valence-electron chi connectivity index (χ4n) is 19.5. The lowest BCUT2D eigenvalue weighted by atomic mass is 9.86. The first-order chi connectivity index (χ1) is 72.0. The Hall–Kier alpha value is -17.0. The van der Waals surface area contributed by atoms with Gasteiger partial charge in [0.2, 0.25) is 29.5 Å². The maximum Gasteiger partial charge on any atom is 0.254 e. The molecule has 2 aliphatic carbocycles. The Morgan fingerprint density at radius 1 is 0.336 bits per heavy atom. The number of benzene rings is 10. The van der Waals surface area contributed by atoms with E-state index in [1.807, 2.05) is 172 Å². The van der Waals surface area contributed by atoms with Crippen molar-refractivity contribution in [1.29, 1.82) is 0 Å². The number of hydrogen-bond donors (Lipinski definition) is 6. The zero-order valence-electron chi connectivity index (χ0n) is 83.1. The third-order valence-corrected chi connectivity index (χ3v) is 28.4. The van der Waals surface area contributed by atoms with Crippen LogP contribution in [0.25, 0.3) is 50.6 Å². The highest BCUT2D eigenvalue weighted by Gasteiger charge is 2.39. The molecule has 6 aliphatic heterocycles. The number of methoxy groups -OCH3 is 2. The zero-order chi connectivity index (χ0) is 105. The number of halogens is 3. The van der Waals surface area contributed by atoms with E-state index in [9.17, 15) is 47.9 Å². The van der Waals surface area contributed by atoms with Gasteiger partial charge in [0.05, 0.1) is 76.2 Å². The molecule has 0 radical (unpaired) electrons. The van der Waals surface area contributed by atoms with E-state index in [0.717, 1.165) is 114 Å². The van der Waals surface area contributed by atoms with Crippen molar-refractivity contribution in [2.45, 2.75) is 101 Å². The molecule has 14 aromatic rings. The van der Waals surface area contributed by atoms with Crippen LogP contribution in [0, 0.1) is 13.8 Å². The maximum absolute atomic E-state index is 13.1. The molecule has 6 atom stereocenters. The van der Waals surface area contributed by atoms with Crippen LogP contribution < -0.4 is 60.6 Å². The molecule has 4 aromatic heterocycles. The number of nitrogens with one attached hydrogen (secondary N) is 6. The average Bonchev–Trinajstić information content (AvgIpc) is 1.69. The van der Waals surface area contributed by atoms with Gasteiger partial charge in [-0.05, 0) is 231 Å². The summed E-state index contributed by atoms with van der Waals surface area (Å²) in [5.74, 6) is -0.724. The number of likely N-dealkylation sites (N-methyl/N-ethyl adjacent to an activating group) is 5. The first kappa shape index (κ1) is 102. The average molecular weight is 2040 g/mol. The lowest BCUT2D eigenvalue weighted by Crippen LogP contribution is -2.45. The minimum atomic E-state index is -0.648. The number of carbonyl (C=O) groups is 10. The van der Waals surface area contributed by atoms with Gasteiger partial charge in [-0.25, -0.2) is 0 Å². The van der Waals surface area contributed by atoms with E-state index in [-0.39, 0.29) is 59.1 Å². The Balaban J connectivity index is 0.000000122. The summed E-state index contributed by atoms with van der Waals surface area (Å²) in [6.07, 6.45) is 24.6. The van der Waals surface area contributed by atoms with Gasteiger partial charge >= 0.3 is 0 Å². The molecule has 750 valence electrons. The Morgan fingerprint density at radius 3 is 1.03 bits per heavy atom. The van der Waals surface area contributed by atoms with Crippen LogP contribution in [0.5, 0.6) is 11.5 Å². The molecule has 0 bridgehead atoms. The van der Waals surface area contributed by atoms with Crippen molar-refractivity contribution in [3.63, 3.8) is 0 Å². The van der Waals surface area contributed by atoms with Gasteiger partial charge in [0.25, 0.3) is 29.5 Å². The van der Waals surface area contributed by atoms with Gasteiger partial charge in [-0.2, -0.15) is 0 Å². The molecule has 22 rings (SSSR count). The van der Waals surface area contributed by atoms with E-state index < -0.39 is 30.2 Å². The topological polar surface area (TPSA) is 332 Å². The second kappa shape index (κ2) is 44.9. The van der Waals surface area contributed by atoms with Crippen molar-refractivity contribution >= 4 is 135 Å². The van der Waals surface area contributed by atoms with Crippen LogP contribution in [-0.2, 0) is 62.5 Å². The minimum absolute atomic E-state index is 0.145. The predicted molar refractivity (Wildman–Crippen MR) is 583 cm³/mol. The molecule has 149 heavy (non-hydrogen) atoms. The second-order valence-corrected chi connectivity index (χ2v) is 38.6. The minimum Gasteiger partial charge on any atom is -0.497 e. The lowest BCUT2D eigenvalue weighted by Gasteiger charge is -2.22. The highest BCUT2D eigenvalue weighted by Crippen LogP contribution is 2.41. The van der Waals surface area contributed by atoms with Crippen LogP contribution in [0.15, 0.2) is 314 Å². The van der Waals surface area contributed by atoms with Gasteiger partial charge in [-0.3, -0.25) is 67.9 Å². The summed E-state index contributed by atoms with van der Waals surface area (Å²) in [4.78, 5) is 157. The largest absolute Gasteiger partial charge is 0.497 e. The zero-order valence-corrected chi connectivity index (χ0v) is 85.4. The second-order valence-electron chi connectivity index (χ2n) is 37.3. The smallest absolute Gasteiger partial charge is 0.254 e. The first-order valence-electron chi connectivity index (χ1n) is 48.6. The molecule has 8 aliphatic rings. The number of carbonyl (C=O) groups excluding carboxylic acids is 10. The molecular formula is C119H106Cl3N15O12. The number of aliphatic imine (C=N–C) groups is 1. The van der Waals surface area contributed by atoms with Gasteiger partial charge in [0, 0.05) is 161 Å². The van der Waals surface area contributed by atoms with E-state index >= 15 is 0 Å². The van der Waals surface area contributed by atoms with Gasteiger partial charge in [-0.15, -0.1) is 0 Å². The van der Waals surface area contributed by atoms with Gasteiger partial charge in [0.15, 0.2) is 0 Å². The summed E-state index contributed by atoms with van der Waals surface area (Å²) in [6, 6.07) is 74.6. The third kappa shape index (κ3) is 22.8. The molecule has 0 fully saturated rings. The van der Waals surface area contributed by atoms with E-state index in [4.69, 9.17) is 44.3 Å². The van der Waals surface area contributed by atoms with Gasteiger partial charge < -0.3 is 65.5 Å². The number of hydrogen-bond acceptors (Lipinski definition) is 16. The number of aryl methyl sites for hydroxylation is 2. The quantitative estimate of drug-likeness (QED) is 0.0493. The number of pyridine rings is 3. The summed E-state index contributed by atoms with van der Waals surface area (Å²) in [5.41, 5.74) is 26.5. The summed E-state index contributed by atoms with van der Waals surface area (Å²) < 4.78 is 10.5. The van der Waals surface area contributed by atoms with Gasteiger partial charge in [0.1, 0.15) is 41.7 Å². The summed E-state index contributed by atoms with van der Waals surface area (Å²) >= 11 is 18.1. The number of anilines is 5. The Morgan fingerprint density at radius 2 is 0.671 bits per heavy atom. The molecule has 10 aromatic carbocycles. The fourth-order valence-corrected chi connectivity index (χ4v) is 20.1. The van der Waals surface area contributed by atoms with Crippen LogP contribution in [-0.4, -0.2) is 165 Å². The number of H-pyrrole nitrogens is 1. The highest BCUT2D eigenvalue weighted by molar-refractivity contribution is 6.32. The first-order valence-corrected chi connectivity index (χ1v) is 49.8. The Bertz CT molecular complexity index is 7710. The molecule has 0 saturated heterocycles. The molecule has 1 unspecified atom stereocenters. The highest BCUT2D eigenvalue weighted by atomic mass is 35.5. The van der Waals surface area contributed by atoms with Crippen molar-refractivity contribution in [2.24, 2.45) is 4.99 Å². The number of aromatic amines is 1. The monoisotopic (exact) mass is 2040 g/mol. The Labute approximate surface area is 877 Å². The number of ether oxygens (including phenoxy) is 2. The van der Waals surface area contributed by atoms with Crippen LogP contribution in [0.3, 0.4) is 0 Å². The number of amides is 10. The van der Waals surface area contributed by atoms with Crippen LogP contribution in [0.2, 0.25) is 15.1 Å². The van der Waals surface area contributed by atoms with Crippen molar-refractivity contribution in [2.75, 3.05) is 74.0 Å². The molecular weight excluding hydrogens is 1940 g/mol. The number of allylic oxidation sites excluding steroid dienone is 4. The molecule has 27 nitrogen and oxygen atoms in total. The van der Waals surface area contributed by atoms with Crippen molar-refractivity contribution in [3.05, 3.63) is 408 Å². The van der Waals surface area contributed by atoms with E-state index in [1.165, 1.54) is 41.2 Å². The molecule has 6 N–H and O–H groups in total. The standard InChI is InChI=1S/C26H23N3O3.C25H22ClN3O2.C24H23N3O3.C23H20ClN3O2.C21H18ClN3O2/c1-29-24-11-10-18(32-2)15-21(24)25(30)28-23(26(29)31)14-16-6-8-17(9-7-16)19-12-13-27-22-5-3-4-20(19)22;1-29-23-10-9-17(26)14-20(23)24(30)28-22(25(29)31)13-15-5-7-16(8-6-15)18-11-12-27-21-4-2-3-19(18)21;1-15-12-18(10-11-25-15)17-6-4-16(5-7-17)13-21-24(29)27(2)22-9-8-19(30-3)14-20(22)23(28)26-21;1-14-11-17(9-10-25-14)16-5-3-15(4-6-16)12-20-23(29)27(2)21-8-7-18(24)13-19(21)22(28)26-20;1-25-19-7-6-16(22)11-17(19)20(26)24-18(21(25)27)10-13-2-4-14(5-3-13)15-8-9-23-12-15/h3-4,6-13,15,23H,5,14H2,1-2H3,(H,28,30);2-3,5-10,12,14,18,22H,4,11,13H2,1H3,(H,28,30);4-12,14,21H,13H2,1-3H3,(H,26,28);3-11,13,20H,12H2,1-2H3,(H,26,28);2-9,11-12,18,23H,10H2,1H3,(H,24,26)/t23-;18?,22-;21-;20-;18-/m00011/s1. The number of aromatic nitrogens is 4. The maximum atomic E-state index is 13.1. The van der Waals surface area contributed by atoms with Crippen molar-refractivity contribution < 1.29 is 57.4 Å². The predicted octanol–water partition coefficient (Wildman–Crippen LogP) is 19.1. The summed E-state index contributed by atoms with van der Waals surface area (Å²) in [7, 11) is 11.5. The molecule has 0 saturated carbocycles. The summed E-state index contributed by atoms with van der Waals surface area (Å²) in [5, 5.41) is 15.7. The molecule has 30 heteroatoms. The van der Waals surface area contributed by atoms with E-state index in [2.05, 4.69) is 100 Å². The SMILES string of the molecule is CN1C(=O)[C@@H](Cc2ccc(-c3cc[nH]c3)cc2)NC(=O)c2cc(Cl)ccc21.CN1C(=O)[C@H](Cc2ccc(C3CC=NC4=C3C=CC4)cc2)NC(=O)c2cc(Cl)ccc21.COc1ccc2c(c1)C(=O)N[C@@H](Cc1ccc(-c3ccnc(C)c3)cc1)C(=O)N2C.COc1ccc2c(c1)C(=O)N[C@@H](Cc1ccc(-c3ccnc4c3C=CC4)cc1)C(=O)N2C.Cc1cc(-c2ccc(C[C@H]3NC(=O)c4cc(Cl)ccc4N(C)C3=O)cc2)ccn1. The fraction of sp³-hybridized carbons (Fsp3) is 0.193. The van der Waals surface area contributed by atoms with E-state index in [1.54, 1.807) is 153 Å².